The average Bonchev–Trinajstić information content (AvgIpc) is 2.56. The third-order valence-corrected chi connectivity index (χ3v) is 7.51. The van der Waals surface area contributed by atoms with Crippen LogP contribution in [0.1, 0.15) is 28.2 Å². The van der Waals surface area contributed by atoms with Crippen molar-refractivity contribution in [2.24, 2.45) is 0 Å². The summed E-state index contributed by atoms with van der Waals surface area (Å²) >= 11 is 0. The Labute approximate surface area is 316 Å². The molecule has 0 bridgehead atoms. The Kier molecular flexibility index (Phi) is 18.7. The average molecular weight is 575 g/mol. The Morgan fingerprint density at radius 2 is 1.62 bits per heavy atom. The molecule has 0 radical (unpaired) electrons. The van der Waals surface area contributed by atoms with Crippen LogP contribution in [0, 0.1) is 0 Å². The zero-order chi connectivity index (χ0) is 21.9. The molecule has 0 aromatic heterocycles. The van der Waals surface area contributed by atoms with Crippen molar-refractivity contribution >= 4 is 17.7 Å². The minimum Gasteiger partial charge on any atom is -1.00 e. The molecule has 1 unspecified atom stereocenters. The fourth-order valence-electron chi connectivity index (χ4n) is 2.65. The maximum absolute atomic E-state index is 13.1. The first kappa shape index (κ1) is 37.2. The van der Waals surface area contributed by atoms with Crippen LogP contribution in [0.3, 0.4) is 0 Å². The topological polar surface area (TPSA) is 121 Å². The SMILES string of the molecule is O=P(O)(O)C(CCCc1cccc(Oc2ccccc2C(F)(F)F)c1)S(=O)(=O)O.[H-].[H-].[H-].[K+].[K+].[K+]. The number of alkyl halides is 3. The Balaban J connectivity index is -0.000000500. The fourth-order valence-corrected chi connectivity index (χ4v) is 5.02. The Hall–Kier alpha value is 3.00. The number of para-hydroxylation sites is 1. The molecular weight excluding hydrogens is 554 g/mol. The van der Waals surface area contributed by atoms with Crippen LogP contribution < -0.4 is 159 Å². The molecule has 7 nitrogen and oxygen atoms in total. The summed E-state index contributed by atoms with van der Waals surface area (Å²) in [4.78, 5) is 15.9. The number of rotatable bonds is 8. The quantitative estimate of drug-likeness (QED) is 0.165. The third-order valence-electron chi connectivity index (χ3n) is 3.95. The summed E-state index contributed by atoms with van der Waals surface area (Å²) in [5.74, 6) is -0.273. The van der Waals surface area contributed by atoms with Gasteiger partial charge in [0.2, 0.25) is 0 Å². The molecule has 0 aliphatic rings. The van der Waals surface area contributed by atoms with Gasteiger partial charge in [0, 0.05) is 0 Å². The smallest absolute Gasteiger partial charge is 1.00 e. The first-order chi connectivity index (χ1) is 13.3. The maximum atomic E-state index is 13.1. The molecule has 0 saturated heterocycles. The van der Waals surface area contributed by atoms with E-state index in [0.29, 0.717) is 5.56 Å². The minimum atomic E-state index is -5.06. The predicted molar refractivity (Wildman–Crippen MR) is 102 cm³/mol. The van der Waals surface area contributed by atoms with E-state index in [2.05, 4.69) is 0 Å². The Morgan fingerprint density at radius 3 is 2.16 bits per heavy atom. The summed E-state index contributed by atoms with van der Waals surface area (Å²) in [5.41, 5.74) is -0.394. The predicted octanol–water partition coefficient (Wildman–Crippen LogP) is -4.44. The van der Waals surface area contributed by atoms with E-state index < -0.39 is 40.9 Å². The first-order valence-corrected chi connectivity index (χ1v) is 11.4. The molecule has 15 heteroatoms. The summed E-state index contributed by atoms with van der Waals surface area (Å²) in [5, 5.41) is 0. The van der Waals surface area contributed by atoms with Gasteiger partial charge in [-0.15, -0.1) is 0 Å². The van der Waals surface area contributed by atoms with E-state index >= 15 is 0 Å². The number of ether oxygens (including phenoxy) is 1. The largest absolute Gasteiger partial charge is 1.00 e. The van der Waals surface area contributed by atoms with Gasteiger partial charge in [0.15, 0.2) is 4.99 Å². The second kappa shape index (κ2) is 16.1. The monoisotopic (exact) mass is 574 g/mol. The Bertz CT molecular complexity index is 1030. The number of hydrogen-bond acceptors (Lipinski definition) is 4. The van der Waals surface area contributed by atoms with E-state index in [1.165, 1.54) is 36.4 Å². The van der Waals surface area contributed by atoms with Gasteiger partial charge in [-0.05, 0) is 49.1 Å². The molecule has 2 rings (SSSR count). The normalized spacial score (nSPS) is 12.6. The standard InChI is InChI=1S/C17H18F3O7PS.3K.3H/c18-17(19,20)14-8-1-2-9-15(14)27-13-7-3-5-12(11-13)6-4-10-16(28(21,22)23)29(24,25)26;;;;;;/h1-3,5,7-9,11,16H,4,6,10H2,(H2,21,22,23)(H,24,25,26);;;;;;/q;3*+1;3*-1. The van der Waals surface area contributed by atoms with Crippen molar-refractivity contribution in [1.82, 2.24) is 0 Å². The molecular formula is C17H21F3K3O7PS. The molecule has 0 fully saturated rings. The summed E-state index contributed by atoms with van der Waals surface area (Å²) in [6.07, 6.45) is -4.94. The van der Waals surface area contributed by atoms with E-state index in [4.69, 9.17) is 19.1 Å². The van der Waals surface area contributed by atoms with Gasteiger partial charge in [-0.2, -0.15) is 21.6 Å². The molecule has 1 atom stereocenters. The maximum Gasteiger partial charge on any atom is 1.00 e. The van der Waals surface area contributed by atoms with Gasteiger partial charge in [0.25, 0.3) is 10.1 Å². The van der Waals surface area contributed by atoms with Crippen LogP contribution in [-0.4, -0.2) is 27.7 Å². The van der Waals surface area contributed by atoms with E-state index in [9.17, 15) is 26.2 Å². The molecule has 0 saturated carbocycles. The van der Waals surface area contributed by atoms with Crippen molar-refractivity contribution < 1.29 is 204 Å². The van der Waals surface area contributed by atoms with E-state index in [-0.39, 0.29) is 183 Å². The summed E-state index contributed by atoms with van der Waals surface area (Å²) in [6.45, 7) is 0. The molecule has 0 aliphatic heterocycles. The van der Waals surface area contributed by atoms with Crippen molar-refractivity contribution in [3.05, 3.63) is 59.7 Å². The van der Waals surface area contributed by atoms with Gasteiger partial charge < -0.3 is 18.8 Å². The molecule has 0 spiro atoms. The molecule has 0 aliphatic carbocycles. The van der Waals surface area contributed by atoms with E-state index in [0.717, 1.165) is 6.07 Å². The van der Waals surface area contributed by atoms with Crippen LogP contribution in [0.4, 0.5) is 13.2 Å². The van der Waals surface area contributed by atoms with E-state index in [1.807, 2.05) is 0 Å². The van der Waals surface area contributed by atoms with Gasteiger partial charge in [-0.25, -0.2) is 0 Å². The Morgan fingerprint density at radius 1 is 1.03 bits per heavy atom. The zero-order valence-corrected chi connectivity index (χ0v) is 28.9. The molecule has 2 aromatic rings. The van der Waals surface area contributed by atoms with Crippen molar-refractivity contribution in [1.29, 1.82) is 0 Å². The van der Waals surface area contributed by atoms with Crippen LogP contribution in [0.5, 0.6) is 11.5 Å². The van der Waals surface area contributed by atoms with Crippen LogP contribution >= 0.6 is 7.60 Å². The van der Waals surface area contributed by atoms with Crippen LogP contribution in [0.15, 0.2) is 48.5 Å². The van der Waals surface area contributed by atoms with Gasteiger partial charge in [0.1, 0.15) is 11.5 Å². The van der Waals surface area contributed by atoms with E-state index in [1.54, 1.807) is 6.07 Å². The number of halogens is 3. The van der Waals surface area contributed by atoms with Gasteiger partial charge in [0.05, 0.1) is 5.56 Å². The number of benzene rings is 2. The van der Waals surface area contributed by atoms with Gasteiger partial charge in [-0.3, -0.25) is 9.12 Å². The third kappa shape index (κ3) is 12.5. The minimum absolute atomic E-state index is 0. The molecule has 166 valence electrons. The number of aryl methyl sites for hydroxylation is 1. The molecule has 0 amide bonds. The summed E-state index contributed by atoms with van der Waals surface area (Å²) < 4.78 is 87.0. The molecule has 3 N–H and O–H groups in total. The van der Waals surface area contributed by atoms with Crippen LogP contribution in [0.25, 0.3) is 0 Å². The second-order valence-electron chi connectivity index (χ2n) is 6.19. The fraction of sp³-hybridized carbons (Fsp3) is 0.294. The zero-order valence-electron chi connectivity index (χ0n) is 20.8. The molecule has 0 heterocycles. The number of hydrogen-bond donors (Lipinski definition) is 3. The molecule has 32 heavy (non-hydrogen) atoms. The van der Waals surface area contributed by atoms with Crippen LogP contribution in [-0.2, 0) is 27.3 Å². The van der Waals surface area contributed by atoms with Crippen molar-refractivity contribution in [2.45, 2.75) is 30.4 Å². The van der Waals surface area contributed by atoms with Gasteiger partial charge in [-0.1, -0.05) is 24.3 Å². The van der Waals surface area contributed by atoms with Gasteiger partial charge >= 0.3 is 168 Å². The summed E-state index contributed by atoms with van der Waals surface area (Å²) in [6, 6.07) is 10.7. The second-order valence-corrected chi connectivity index (χ2v) is 9.94. The summed E-state index contributed by atoms with van der Waals surface area (Å²) in [7, 11) is -10.0. The van der Waals surface area contributed by atoms with Crippen molar-refractivity contribution in [3.8, 4) is 11.5 Å². The molecule has 2 aromatic carbocycles. The first-order valence-electron chi connectivity index (χ1n) is 8.23. The van der Waals surface area contributed by atoms with Crippen LogP contribution in [0.2, 0.25) is 0 Å². The van der Waals surface area contributed by atoms with Crippen molar-refractivity contribution in [2.75, 3.05) is 0 Å². The van der Waals surface area contributed by atoms with Crippen molar-refractivity contribution in [3.63, 3.8) is 0 Å².